The molecule has 0 bridgehead atoms. The lowest BCUT2D eigenvalue weighted by atomic mass is 9.85. The van der Waals surface area contributed by atoms with Crippen LogP contribution in [-0.4, -0.2) is 31.0 Å². The zero-order chi connectivity index (χ0) is 23.0. The Kier molecular flexibility index (Phi) is 5.39. The minimum Gasteiger partial charge on any atom is -0.497 e. The number of ether oxygens (including phenoxy) is 1. The summed E-state index contributed by atoms with van der Waals surface area (Å²) >= 11 is 0. The molecule has 1 unspecified atom stereocenters. The highest BCUT2D eigenvalue weighted by Gasteiger charge is 2.57. The molecule has 0 radical (unpaired) electrons. The van der Waals surface area contributed by atoms with Crippen molar-refractivity contribution in [3.05, 3.63) is 59.2 Å². The number of alkyl halides is 3. The zero-order valence-corrected chi connectivity index (χ0v) is 16.5. The minimum atomic E-state index is -4.84. The first kappa shape index (κ1) is 21.7. The maximum Gasteiger partial charge on any atom is 0.417 e. The Morgan fingerprint density at radius 1 is 1.16 bits per heavy atom. The van der Waals surface area contributed by atoms with Gasteiger partial charge in [-0.05, 0) is 35.9 Å². The minimum absolute atomic E-state index is 0.195. The van der Waals surface area contributed by atoms with E-state index in [4.69, 9.17) is 16.4 Å². The molecule has 3 amide bonds. The highest BCUT2D eigenvalue weighted by Crippen LogP contribution is 2.43. The number of halogens is 3. The average molecular weight is 427 g/mol. The molecule has 1 atom stereocenters. The van der Waals surface area contributed by atoms with Crippen LogP contribution in [0.3, 0.4) is 0 Å². The van der Waals surface area contributed by atoms with Crippen LogP contribution in [0.1, 0.15) is 23.1 Å². The Morgan fingerprint density at radius 2 is 1.81 bits per heavy atom. The molecular formula is C22H16F3N3O3. The van der Waals surface area contributed by atoms with E-state index >= 15 is 0 Å². The maximum absolute atomic E-state index is 13.5. The van der Waals surface area contributed by atoms with E-state index in [0.29, 0.717) is 22.3 Å². The molecule has 31 heavy (non-hydrogen) atoms. The van der Waals surface area contributed by atoms with E-state index in [9.17, 15) is 22.8 Å². The van der Waals surface area contributed by atoms with Crippen molar-refractivity contribution in [1.82, 2.24) is 4.90 Å². The SMILES string of the molecule is C#CCC1(c2ccc(OC)cc2)C(=O)N(c2ccc(C#N)c(C(F)(F)F)c2)C(=O)N1C. The summed E-state index contributed by atoms with van der Waals surface area (Å²) < 4.78 is 45.3. The van der Waals surface area contributed by atoms with Crippen LogP contribution in [0.2, 0.25) is 0 Å². The summed E-state index contributed by atoms with van der Waals surface area (Å²) in [5.74, 6) is 2.11. The fraction of sp³-hybridized carbons (Fsp3) is 0.227. The van der Waals surface area contributed by atoms with E-state index in [1.54, 1.807) is 24.3 Å². The van der Waals surface area contributed by atoms with Crippen molar-refractivity contribution in [1.29, 1.82) is 5.26 Å². The Bertz CT molecular complexity index is 1130. The van der Waals surface area contributed by atoms with Gasteiger partial charge in [-0.2, -0.15) is 18.4 Å². The largest absolute Gasteiger partial charge is 0.497 e. The van der Waals surface area contributed by atoms with E-state index < -0.39 is 34.8 Å². The van der Waals surface area contributed by atoms with Gasteiger partial charge in [-0.3, -0.25) is 4.79 Å². The Labute approximate surface area is 176 Å². The molecule has 1 aliphatic rings. The molecule has 1 saturated heterocycles. The van der Waals surface area contributed by atoms with E-state index in [0.717, 1.165) is 17.0 Å². The van der Waals surface area contributed by atoms with Gasteiger partial charge >= 0.3 is 12.2 Å². The fourth-order valence-corrected chi connectivity index (χ4v) is 3.59. The number of urea groups is 1. The highest BCUT2D eigenvalue weighted by atomic mass is 19.4. The van der Waals surface area contributed by atoms with E-state index in [1.807, 2.05) is 0 Å². The predicted molar refractivity (Wildman–Crippen MR) is 105 cm³/mol. The molecule has 158 valence electrons. The molecular weight excluding hydrogens is 411 g/mol. The Hall–Kier alpha value is -3.98. The number of imide groups is 1. The first-order chi connectivity index (χ1) is 14.6. The summed E-state index contributed by atoms with van der Waals surface area (Å²) in [7, 11) is 2.82. The third-order valence-electron chi connectivity index (χ3n) is 5.22. The molecule has 9 heteroatoms. The number of rotatable bonds is 4. The van der Waals surface area contributed by atoms with Crippen LogP contribution in [0.5, 0.6) is 5.75 Å². The monoisotopic (exact) mass is 427 g/mol. The smallest absolute Gasteiger partial charge is 0.417 e. The van der Waals surface area contributed by atoms with Gasteiger partial charge in [0, 0.05) is 13.5 Å². The van der Waals surface area contributed by atoms with E-state index in [-0.39, 0.29) is 12.1 Å². The summed E-state index contributed by atoms with van der Waals surface area (Å²) in [5.41, 5.74) is -3.38. The summed E-state index contributed by atoms with van der Waals surface area (Å²) in [6.45, 7) is 0. The number of methoxy groups -OCH3 is 1. The third-order valence-corrected chi connectivity index (χ3v) is 5.22. The van der Waals surface area contributed by atoms with Crippen LogP contribution in [0.25, 0.3) is 0 Å². The second kappa shape index (κ2) is 7.69. The lowest BCUT2D eigenvalue weighted by Crippen LogP contribution is -2.44. The number of nitriles is 1. The van der Waals surface area contributed by atoms with Crippen LogP contribution < -0.4 is 9.64 Å². The van der Waals surface area contributed by atoms with Gasteiger partial charge in [-0.15, -0.1) is 12.3 Å². The number of likely N-dealkylation sites (N-methyl/N-ethyl adjacent to an activating group) is 1. The predicted octanol–water partition coefficient (Wildman–Crippen LogP) is 3.90. The van der Waals surface area contributed by atoms with Gasteiger partial charge < -0.3 is 9.64 Å². The lowest BCUT2D eigenvalue weighted by molar-refractivity contribution is -0.137. The van der Waals surface area contributed by atoms with Gasteiger partial charge in [-0.25, -0.2) is 9.69 Å². The highest BCUT2D eigenvalue weighted by molar-refractivity contribution is 6.23. The lowest BCUT2D eigenvalue weighted by Gasteiger charge is -2.31. The van der Waals surface area contributed by atoms with Gasteiger partial charge in [0.15, 0.2) is 5.54 Å². The number of carbonyl (C=O) groups excluding carboxylic acids is 2. The molecule has 0 aliphatic carbocycles. The van der Waals surface area contributed by atoms with Gasteiger partial charge in [0.2, 0.25) is 0 Å². The average Bonchev–Trinajstić information content (AvgIpc) is 2.94. The summed E-state index contributed by atoms with van der Waals surface area (Å²) in [5, 5.41) is 8.99. The molecule has 1 aliphatic heterocycles. The van der Waals surface area contributed by atoms with Crippen molar-refractivity contribution in [2.24, 2.45) is 0 Å². The number of carbonyl (C=O) groups is 2. The standard InChI is InChI=1S/C22H16F3N3O3/c1-4-11-21(15-6-9-17(31-3)10-7-15)19(29)28(20(30)27(21)2)16-8-5-14(13-26)18(12-16)22(23,24)25/h1,5-10,12H,11H2,2-3H3. The number of benzene rings is 2. The van der Waals surface area contributed by atoms with Gasteiger partial charge in [0.05, 0.1) is 30.0 Å². The number of terminal acetylenes is 1. The quantitative estimate of drug-likeness (QED) is 0.548. The fourth-order valence-electron chi connectivity index (χ4n) is 3.59. The van der Waals surface area contributed by atoms with Crippen LogP contribution >= 0.6 is 0 Å². The van der Waals surface area contributed by atoms with E-state index in [1.165, 1.54) is 20.2 Å². The molecule has 0 aromatic heterocycles. The van der Waals surface area contributed by atoms with E-state index in [2.05, 4.69) is 5.92 Å². The first-order valence-electron chi connectivity index (χ1n) is 8.93. The van der Waals surface area contributed by atoms with Crippen molar-refractivity contribution in [3.63, 3.8) is 0 Å². The van der Waals surface area contributed by atoms with Crippen molar-refractivity contribution in [3.8, 4) is 24.2 Å². The molecule has 3 rings (SSSR count). The zero-order valence-electron chi connectivity index (χ0n) is 16.5. The van der Waals surface area contributed by atoms with Crippen LogP contribution in [0, 0.1) is 23.7 Å². The maximum atomic E-state index is 13.5. The topological polar surface area (TPSA) is 73.6 Å². The molecule has 0 N–H and O–H groups in total. The molecule has 6 nitrogen and oxygen atoms in total. The molecule has 2 aromatic carbocycles. The summed E-state index contributed by atoms with van der Waals surface area (Å²) in [6, 6.07) is 9.61. The molecule has 1 fully saturated rings. The van der Waals surface area contributed by atoms with Gasteiger partial charge in [0.1, 0.15) is 5.75 Å². The van der Waals surface area contributed by atoms with Crippen molar-refractivity contribution in [2.45, 2.75) is 18.1 Å². The van der Waals surface area contributed by atoms with Crippen LogP contribution in [-0.2, 0) is 16.5 Å². The number of nitrogens with zero attached hydrogens (tertiary/aromatic N) is 3. The molecule has 1 heterocycles. The molecule has 2 aromatic rings. The van der Waals surface area contributed by atoms with Gasteiger partial charge in [-0.1, -0.05) is 12.1 Å². The summed E-state index contributed by atoms with van der Waals surface area (Å²) in [4.78, 5) is 28.3. The number of hydrogen-bond acceptors (Lipinski definition) is 4. The molecule has 0 spiro atoms. The van der Waals surface area contributed by atoms with Crippen molar-refractivity contribution >= 4 is 17.6 Å². The Balaban J connectivity index is 2.17. The summed E-state index contributed by atoms with van der Waals surface area (Å²) in [6.07, 6.45) is 0.454. The van der Waals surface area contributed by atoms with Crippen LogP contribution in [0.15, 0.2) is 42.5 Å². The van der Waals surface area contributed by atoms with Crippen molar-refractivity contribution < 1.29 is 27.5 Å². The van der Waals surface area contributed by atoms with Crippen LogP contribution in [0.4, 0.5) is 23.7 Å². The van der Waals surface area contributed by atoms with Gasteiger partial charge in [0.25, 0.3) is 5.91 Å². The Morgan fingerprint density at radius 3 is 2.32 bits per heavy atom. The number of hydrogen-bond donors (Lipinski definition) is 0. The number of anilines is 1. The second-order valence-electron chi connectivity index (χ2n) is 6.79. The number of amides is 3. The normalized spacial score (nSPS) is 18.7. The van der Waals surface area contributed by atoms with Crippen molar-refractivity contribution in [2.75, 3.05) is 19.1 Å². The first-order valence-corrected chi connectivity index (χ1v) is 8.93. The molecule has 0 saturated carbocycles. The third kappa shape index (κ3) is 3.34. The second-order valence-corrected chi connectivity index (χ2v) is 6.79.